The van der Waals surface area contributed by atoms with Gasteiger partial charge in [0.25, 0.3) is 0 Å². The van der Waals surface area contributed by atoms with Gasteiger partial charge < -0.3 is 19.9 Å². The van der Waals surface area contributed by atoms with Crippen LogP contribution >= 0.6 is 15.9 Å². The first-order chi connectivity index (χ1) is 9.65. The lowest BCUT2D eigenvalue weighted by molar-refractivity contribution is 0.251. The van der Waals surface area contributed by atoms with Crippen molar-refractivity contribution in [1.82, 2.24) is 5.32 Å². The molecule has 0 saturated heterocycles. The van der Waals surface area contributed by atoms with Crippen molar-refractivity contribution in [3.05, 3.63) is 22.2 Å². The molecular formula is C15H24BrNO3. The van der Waals surface area contributed by atoms with Crippen LogP contribution in [0.15, 0.2) is 16.6 Å². The average molecular weight is 346 g/mol. The number of aliphatic hydroxyl groups excluding tert-OH is 1. The maximum atomic E-state index is 8.98. The Morgan fingerprint density at radius 2 is 2.05 bits per heavy atom. The second-order valence-corrected chi connectivity index (χ2v) is 5.58. The molecule has 4 nitrogen and oxygen atoms in total. The molecule has 1 aromatic carbocycles. The van der Waals surface area contributed by atoms with Gasteiger partial charge in [0.2, 0.25) is 0 Å². The van der Waals surface area contributed by atoms with Crippen molar-refractivity contribution in [3.63, 3.8) is 0 Å². The van der Waals surface area contributed by atoms with E-state index in [-0.39, 0.29) is 6.61 Å². The zero-order valence-corrected chi connectivity index (χ0v) is 14.0. The van der Waals surface area contributed by atoms with Crippen LogP contribution in [-0.2, 0) is 6.54 Å². The van der Waals surface area contributed by atoms with Crippen LogP contribution in [0.5, 0.6) is 11.5 Å². The van der Waals surface area contributed by atoms with Crippen molar-refractivity contribution in [2.24, 2.45) is 5.92 Å². The van der Waals surface area contributed by atoms with Gasteiger partial charge in [0.05, 0.1) is 18.7 Å². The second kappa shape index (κ2) is 9.21. The molecule has 0 aliphatic heterocycles. The van der Waals surface area contributed by atoms with Crippen LogP contribution in [0.1, 0.15) is 25.3 Å². The predicted octanol–water partition coefficient (Wildman–Crippen LogP) is 2.96. The minimum absolute atomic E-state index is 0.252. The van der Waals surface area contributed by atoms with Gasteiger partial charge in [0.15, 0.2) is 11.5 Å². The predicted molar refractivity (Wildman–Crippen MR) is 84.4 cm³/mol. The third-order valence-electron chi connectivity index (χ3n) is 3.37. The minimum atomic E-state index is 0.252. The van der Waals surface area contributed by atoms with E-state index in [1.807, 2.05) is 12.1 Å². The van der Waals surface area contributed by atoms with Gasteiger partial charge in [0.1, 0.15) is 0 Å². The number of halogens is 1. The molecule has 0 fully saturated rings. The topological polar surface area (TPSA) is 50.7 Å². The molecule has 0 amide bonds. The summed E-state index contributed by atoms with van der Waals surface area (Å²) in [6.07, 6.45) is 1.92. The molecule has 0 aliphatic carbocycles. The average Bonchev–Trinajstić information content (AvgIpc) is 2.45. The third-order valence-corrected chi connectivity index (χ3v) is 3.96. The lowest BCUT2D eigenvalue weighted by Gasteiger charge is -2.16. The van der Waals surface area contributed by atoms with E-state index < -0.39 is 0 Å². The monoisotopic (exact) mass is 345 g/mol. The fourth-order valence-corrected chi connectivity index (χ4v) is 2.78. The highest BCUT2D eigenvalue weighted by Crippen LogP contribution is 2.36. The van der Waals surface area contributed by atoms with E-state index in [1.165, 1.54) is 0 Å². The molecule has 0 radical (unpaired) electrons. The van der Waals surface area contributed by atoms with Crippen LogP contribution in [0.25, 0.3) is 0 Å². The van der Waals surface area contributed by atoms with E-state index in [9.17, 15) is 0 Å². The Morgan fingerprint density at radius 3 is 2.60 bits per heavy atom. The van der Waals surface area contributed by atoms with Crippen LogP contribution < -0.4 is 14.8 Å². The lowest BCUT2D eigenvalue weighted by Crippen LogP contribution is -2.23. The first-order valence-corrected chi connectivity index (χ1v) is 7.67. The van der Waals surface area contributed by atoms with Crippen molar-refractivity contribution in [3.8, 4) is 11.5 Å². The molecule has 0 bridgehead atoms. The molecule has 0 heterocycles. The summed E-state index contributed by atoms with van der Waals surface area (Å²) in [5.41, 5.74) is 1.13. The molecule has 2 N–H and O–H groups in total. The van der Waals surface area contributed by atoms with Gasteiger partial charge in [-0.25, -0.2) is 0 Å². The summed E-state index contributed by atoms with van der Waals surface area (Å²) < 4.78 is 11.5. The summed E-state index contributed by atoms with van der Waals surface area (Å²) in [5.74, 6) is 1.95. The summed E-state index contributed by atoms with van der Waals surface area (Å²) >= 11 is 3.49. The van der Waals surface area contributed by atoms with E-state index in [0.29, 0.717) is 11.7 Å². The first kappa shape index (κ1) is 17.3. The third kappa shape index (κ3) is 4.96. The molecule has 114 valence electrons. The highest BCUT2D eigenvalue weighted by atomic mass is 79.9. The van der Waals surface area contributed by atoms with Crippen LogP contribution in [0.2, 0.25) is 0 Å². The molecule has 5 heteroatoms. The summed E-state index contributed by atoms with van der Waals surface area (Å²) in [6.45, 7) is 4.07. The summed E-state index contributed by atoms with van der Waals surface area (Å²) in [7, 11) is 3.26. The Kier molecular flexibility index (Phi) is 7.95. The highest BCUT2D eigenvalue weighted by Gasteiger charge is 2.11. The number of hydrogen-bond acceptors (Lipinski definition) is 4. The van der Waals surface area contributed by atoms with Gasteiger partial charge in [-0.3, -0.25) is 0 Å². The maximum absolute atomic E-state index is 8.98. The first-order valence-electron chi connectivity index (χ1n) is 6.88. The normalized spacial score (nSPS) is 12.2. The van der Waals surface area contributed by atoms with E-state index in [0.717, 1.165) is 41.7 Å². The fraction of sp³-hybridized carbons (Fsp3) is 0.600. The molecule has 1 aromatic rings. The second-order valence-electron chi connectivity index (χ2n) is 4.73. The Bertz CT molecular complexity index is 412. The number of rotatable bonds is 9. The molecule has 0 aromatic heterocycles. The number of ether oxygens (including phenoxy) is 2. The number of nitrogens with one attached hydrogen (secondary N) is 1. The standard InChI is InChI=1S/C15H24BrNO3/c1-4-11(5-6-18)9-17-10-12-7-13(16)15(20-3)14(8-12)19-2/h7-8,11,17-18H,4-6,9-10H2,1-3H3. The molecule has 0 aliphatic rings. The van der Waals surface area contributed by atoms with Gasteiger partial charge in [0, 0.05) is 13.2 Å². The Hall–Kier alpha value is -0.780. The number of methoxy groups -OCH3 is 2. The smallest absolute Gasteiger partial charge is 0.174 e. The van der Waals surface area contributed by atoms with Crippen LogP contribution in [-0.4, -0.2) is 32.5 Å². The molecule has 1 unspecified atom stereocenters. The van der Waals surface area contributed by atoms with Gasteiger partial charge in [-0.15, -0.1) is 0 Å². The Labute approximate surface area is 129 Å². The summed E-state index contributed by atoms with van der Waals surface area (Å²) in [6, 6.07) is 4.00. The number of hydrogen-bond donors (Lipinski definition) is 2. The van der Waals surface area contributed by atoms with Crippen molar-refractivity contribution in [2.75, 3.05) is 27.4 Å². The molecular weight excluding hydrogens is 322 g/mol. The lowest BCUT2D eigenvalue weighted by atomic mass is 10.0. The van der Waals surface area contributed by atoms with Crippen molar-refractivity contribution < 1.29 is 14.6 Å². The molecule has 1 rings (SSSR count). The van der Waals surface area contributed by atoms with E-state index in [2.05, 4.69) is 28.2 Å². The SMILES string of the molecule is CCC(CCO)CNCc1cc(Br)c(OC)c(OC)c1. The van der Waals surface area contributed by atoms with Gasteiger partial charge in [-0.1, -0.05) is 13.3 Å². The van der Waals surface area contributed by atoms with E-state index in [4.69, 9.17) is 14.6 Å². The van der Waals surface area contributed by atoms with Crippen molar-refractivity contribution >= 4 is 15.9 Å². The molecule has 1 atom stereocenters. The van der Waals surface area contributed by atoms with E-state index >= 15 is 0 Å². The van der Waals surface area contributed by atoms with Crippen LogP contribution in [0.4, 0.5) is 0 Å². The number of benzene rings is 1. The van der Waals surface area contributed by atoms with Crippen LogP contribution in [0, 0.1) is 5.92 Å². The van der Waals surface area contributed by atoms with Gasteiger partial charge >= 0.3 is 0 Å². The highest BCUT2D eigenvalue weighted by molar-refractivity contribution is 9.10. The molecule has 0 spiro atoms. The summed E-state index contributed by atoms with van der Waals surface area (Å²) in [5, 5.41) is 12.4. The number of aliphatic hydroxyl groups is 1. The Morgan fingerprint density at radius 1 is 1.30 bits per heavy atom. The van der Waals surface area contributed by atoms with Crippen molar-refractivity contribution in [1.29, 1.82) is 0 Å². The van der Waals surface area contributed by atoms with Gasteiger partial charge in [-0.05, 0) is 52.5 Å². The molecule has 0 saturated carbocycles. The van der Waals surface area contributed by atoms with Crippen molar-refractivity contribution in [2.45, 2.75) is 26.3 Å². The van der Waals surface area contributed by atoms with E-state index in [1.54, 1.807) is 14.2 Å². The minimum Gasteiger partial charge on any atom is -0.493 e. The quantitative estimate of drug-likeness (QED) is 0.722. The van der Waals surface area contributed by atoms with Gasteiger partial charge in [-0.2, -0.15) is 0 Å². The summed E-state index contributed by atoms with van der Waals surface area (Å²) in [4.78, 5) is 0. The molecule has 20 heavy (non-hydrogen) atoms. The zero-order valence-electron chi connectivity index (χ0n) is 12.4. The Balaban J connectivity index is 2.62. The largest absolute Gasteiger partial charge is 0.493 e. The fourth-order valence-electron chi connectivity index (χ4n) is 2.13. The zero-order chi connectivity index (χ0) is 15.0. The van der Waals surface area contributed by atoms with Crippen LogP contribution in [0.3, 0.4) is 0 Å². The maximum Gasteiger partial charge on any atom is 0.174 e.